The van der Waals surface area contributed by atoms with Crippen LogP contribution in [0.4, 0.5) is 0 Å². The summed E-state index contributed by atoms with van der Waals surface area (Å²) in [7, 11) is 5.83. The third kappa shape index (κ3) is 3.72. The van der Waals surface area contributed by atoms with Gasteiger partial charge in [-0.2, -0.15) is 0 Å². The molecule has 0 fully saturated rings. The normalized spacial score (nSPS) is 12.8. The minimum absolute atomic E-state index is 0.249. The smallest absolute Gasteiger partial charge is 0.121 e. The van der Waals surface area contributed by atoms with Crippen LogP contribution in [0.25, 0.3) is 0 Å². The van der Waals surface area contributed by atoms with Crippen LogP contribution in [0.15, 0.2) is 18.2 Å². The maximum atomic E-state index is 8.94. The zero-order valence-electron chi connectivity index (χ0n) is 11.2. The van der Waals surface area contributed by atoms with Gasteiger partial charge < -0.3 is 14.7 Å². The second-order valence-electron chi connectivity index (χ2n) is 4.57. The molecule has 0 radical (unpaired) electrons. The fourth-order valence-electron chi connectivity index (χ4n) is 2.12. The van der Waals surface area contributed by atoms with Crippen LogP contribution in [0.2, 0.25) is 0 Å². The summed E-state index contributed by atoms with van der Waals surface area (Å²) in [5, 5.41) is 8.94. The first kappa shape index (κ1) is 14.0. The van der Waals surface area contributed by atoms with Gasteiger partial charge in [-0.1, -0.05) is 12.1 Å². The first-order chi connectivity index (χ1) is 8.10. The van der Waals surface area contributed by atoms with Gasteiger partial charge in [-0.15, -0.1) is 0 Å². The number of ether oxygens (including phenoxy) is 1. The van der Waals surface area contributed by atoms with Crippen molar-refractivity contribution in [1.29, 1.82) is 0 Å². The lowest BCUT2D eigenvalue weighted by Gasteiger charge is -2.25. The van der Waals surface area contributed by atoms with Gasteiger partial charge in [0.25, 0.3) is 0 Å². The zero-order chi connectivity index (χ0) is 12.8. The Kier molecular flexibility index (Phi) is 5.45. The molecule has 0 aliphatic rings. The number of aliphatic hydroxyl groups excluding tert-OH is 1. The first-order valence-corrected chi connectivity index (χ1v) is 6.02. The van der Waals surface area contributed by atoms with Gasteiger partial charge in [0.2, 0.25) is 0 Å². The predicted octanol–water partition coefficient (Wildman–Crippen LogP) is 2.38. The van der Waals surface area contributed by atoms with Crippen LogP contribution in [0, 0.1) is 6.92 Å². The number of nitrogens with zero attached hydrogens (tertiary/aromatic N) is 1. The van der Waals surface area contributed by atoms with Crippen LogP contribution in [0.1, 0.15) is 30.0 Å². The van der Waals surface area contributed by atoms with Gasteiger partial charge in [0.1, 0.15) is 5.75 Å². The standard InChI is InChI=1S/C14H23NO2/c1-11-10-12(7-8-14(11)17-4)13(15(2)3)6-5-9-16/h7-8,10,13,16H,5-6,9H2,1-4H3. The van der Waals surface area contributed by atoms with Gasteiger partial charge >= 0.3 is 0 Å². The van der Waals surface area contributed by atoms with Gasteiger partial charge in [0, 0.05) is 12.6 Å². The molecule has 96 valence electrons. The highest BCUT2D eigenvalue weighted by atomic mass is 16.5. The van der Waals surface area contributed by atoms with Crippen molar-refractivity contribution in [1.82, 2.24) is 4.90 Å². The molecule has 0 saturated heterocycles. The van der Waals surface area contributed by atoms with E-state index in [9.17, 15) is 0 Å². The van der Waals surface area contributed by atoms with E-state index >= 15 is 0 Å². The van der Waals surface area contributed by atoms with E-state index < -0.39 is 0 Å². The molecule has 0 amide bonds. The number of aliphatic hydroxyl groups is 1. The van der Waals surface area contributed by atoms with Crippen molar-refractivity contribution in [2.75, 3.05) is 27.8 Å². The minimum Gasteiger partial charge on any atom is -0.496 e. The van der Waals surface area contributed by atoms with E-state index in [0.29, 0.717) is 6.04 Å². The molecule has 0 spiro atoms. The molecule has 0 saturated carbocycles. The fourth-order valence-corrected chi connectivity index (χ4v) is 2.12. The molecular weight excluding hydrogens is 214 g/mol. The van der Waals surface area contributed by atoms with Gasteiger partial charge in [-0.05, 0) is 51.1 Å². The zero-order valence-corrected chi connectivity index (χ0v) is 11.2. The van der Waals surface area contributed by atoms with Crippen molar-refractivity contribution in [3.63, 3.8) is 0 Å². The maximum absolute atomic E-state index is 8.94. The van der Waals surface area contributed by atoms with E-state index in [2.05, 4.69) is 38.1 Å². The Morgan fingerprint density at radius 1 is 1.35 bits per heavy atom. The molecule has 1 aromatic carbocycles. The molecule has 0 heterocycles. The van der Waals surface area contributed by atoms with Crippen molar-refractivity contribution >= 4 is 0 Å². The van der Waals surface area contributed by atoms with Gasteiger partial charge in [0.05, 0.1) is 7.11 Å². The van der Waals surface area contributed by atoms with E-state index in [1.807, 2.05) is 6.07 Å². The molecule has 0 aliphatic heterocycles. The SMILES string of the molecule is COc1ccc(C(CCCO)N(C)C)cc1C. The summed E-state index contributed by atoms with van der Waals surface area (Å²) < 4.78 is 5.27. The predicted molar refractivity (Wildman–Crippen MR) is 70.5 cm³/mol. The highest BCUT2D eigenvalue weighted by Crippen LogP contribution is 2.27. The Morgan fingerprint density at radius 3 is 2.53 bits per heavy atom. The summed E-state index contributed by atoms with van der Waals surface area (Å²) in [4.78, 5) is 2.19. The van der Waals surface area contributed by atoms with E-state index in [1.165, 1.54) is 5.56 Å². The van der Waals surface area contributed by atoms with E-state index in [1.54, 1.807) is 7.11 Å². The van der Waals surface area contributed by atoms with Crippen LogP contribution in [-0.2, 0) is 0 Å². The third-order valence-corrected chi connectivity index (χ3v) is 3.06. The monoisotopic (exact) mass is 237 g/mol. The molecule has 0 aliphatic carbocycles. The van der Waals surface area contributed by atoms with Crippen LogP contribution in [-0.4, -0.2) is 37.8 Å². The molecular formula is C14H23NO2. The fraction of sp³-hybridized carbons (Fsp3) is 0.571. The largest absolute Gasteiger partial charge is 0.496 e. The van der Waals surface area contributed by atoms with E-state index in [4.69, 9.17) is 9.84 Å². The summed E-state index contributed by atoms with van der Waals surface area (Å²) in [6.45, 7) is 2.31. The van der Waals surface area contributed by atoms with Crippen LogP contribution in [0.5, 0.6) is 5.75 Å². The van der Waals surface area contributed by atoms with Crippen molar-refractivity contribution in [2.24, 2.45) is 0 Å². The van der Waals surface area contributed by atoms with Crippen LogP contribution >= 0.6 is 0 Å². The van der Waals surface area contributed by atoms with Crippen molar-refractivity contribution in [3.8, 4) is 5.75 Å². The second kappa shape index (κ2) is 6.62. The molecule has 1 N–H and O–H groups in total. The Bertz CT molecular complexity index is 350. The first-order valence-electron chi connectivity index (χ1n) is 6.02. The number of hydrogen-bond donors (Lipinski definition) is 1. The molecule has 17 heavy (non-hydrogen) atoms. The minimum atomic E-state index is 0.249. The molecule has 1 atom stereocenters. The quantitative estimate of drug-likeness (QED) is 0.824. The molecule has 0 bridgehead atoms. The summed E-state index contributed by atoms with van der Waals surface area (Å²) in [5.74, 6) is 0.924. The van der Waals surface area contributed by atoms with Crippen molar-refractivity contribution < 1.29 is 9.84 Å². The lowest BCUT2D eigenvalue weighted by atomic mass is 9.99. The lowest BCUT2D eigenvalue weighted by molar-refractivity contribution is 0.235. The summed E-state index contributed by atoms with van der Waals surface area (Å²) >= 11 is 0. The van der Waals surface area contributed by atoms with Crippen molar-refractivity contribution in [2.45, 2.75) is 25.8 Å². The van der Waals surface area contributed by atoms with Gasteiger partial charge in [-0.25, -0.2) is 0 Å². The average molecular weight is 237 g/mol. The van der Waals surface area contributed by atoms with Crippen LogP contribution in [0.3, 0.4) is 0 Å². The number of aryl methyl sites for hydroxylation is 1. The molecule has 1 rings (SSSR count). The third-order valence-electron chi connectivity index (χ3n) is 3.06. The average Bonchev–Trinajstić information content (AvgIpc) is 2.29. The summed E-state index contributed by atoms with van der Waals surface area (Å²) in [6, 6.07) is 6.64. The Hall–Kier alpha value is -1.06. The molecule has 0 aromatic heterocycles. The Balaban J connectivity index is 2.90. The number of benzene rings is 1. The Morgan fingerprint density at radius 2 is 2.06 bits per heavy atom. The summed E-state index contributed by atoms with van der Waals surface area (Å²) in [5.41, 5.74) is 2.43. The molecule has 1 aromatic rings. The van der Waals surface area contributed by atoms with Gasteiger partial charge in [-0.3, -0.25) is 0 Å². The molecule has 1 unspecified atom stereocenters. The summed E-state index contributed by atoms with van der Waals surface area (Å²) in [6.07, 6.45) is 1.79. The number of hydrogen-bond acceptors (Lipinski definition) is 3. The highest BCUT2D eigenvalue weighted by molar-refractivity contribution is 5.37. The number of methoxy groups -OCH3 is 1. The topological polar surface area (TPSA) is 32.7 Å². The lowest BCUT2D eigenvalue weighted by Crippen LogP contribution is -2.20. The second-order valence-corrected chi connectivity index (χ2v) is 4.57. The van der Waals surface area contributed by atoms with E-state index in [0.717, 1.165) is 24.2 Å². The molecule has 3 nitrogen and oxygen atoms in total. The number of rotatable bonds is 6. The van der Waals surface area contributed by atoms with Crippen LogP contribution < -0.4 is 4.74 Å². The van der Waals surface area contributed by atoms with Crippen molar-refractivity contribution in [3.05, 3.63) is 29.3 Å². The Labute approximate surface area is 104 Å². The van der Waals surface area contributed by atoms with E-state index in [-0.39, 0.29) is 6.61 Å². The molecule has 3 heteroatoms. The highest BCUT2D eigenvalue weighted by Gasteiger charge is 2.14. The maximum Gasteiger partial charge on any atom is 0.121 e. The van der Waals surface area contributed by atoms with Gasteiger partial charge in [0.15, 0.2) is 0 Å².